The SMILES string of the molecule is CNC(Cc1ccccc1Br)CC1Cc2ccccc21. The van der Waals surface area contributed by atoms with Crippen LogP contribution in [0.5, 0.6) is 0 Å². The molecule has 0 fully saturated rings. The van der Waals surface area contributed by atoms with Gasteiger partial charge in [0.25, 0.3) is 0 Å². The Morgan fingerprint density at radius 1 is 1.15 bits per heavy atom. The molecule has 1 nitrogen and oxygen atoms in total. The molecule has 0 amide bonds. The van der Waals surface area contributed by atoms with Gasteiger partial charge in [0.05, 0.1) is 0 Å². The van der Waals surface area contributed by atoms with Crippen LogP contribution in [0.4, 0.5) is 0 Å². The lowest BCUT2D eigenvalue weighted by Crippen LogP contribution is -2.32. The summed E-state index contributed by atoms with van der Waals surface area (Å²) in [7, 11) is 2.08. The highest BCUT2D eigenvalue weighted by atomic mass is 79.9. The second-order valence-electron chi connectivity index (χ2n) is 5.62. The summed E-state index contributed by atoms with van der Waals surface area (Å²) >= 11 is 3.65. The number of hydrogen-bond donors (Lipinski definition) is 1. The van der Waals surface area contributed by atoms with Gasteiger partial charge in [-0.25, -0.2) is 0 Å². The van der Waals surface area contributed by atoms with Crippen molar-refractivity contribution in [3.63, 3.8) is 0 Å². The molecule has 20 heavy (non-hydrogen) atoms. The Morgan fingerprint density at radius 3 is 2.65 bits per heavy atom. The normalized spacial score (nSPS) is 18.2. The van der Waals surface area contributed by atoms with E-state index in [4.69, 9.17) is 0 Å². The summed E-state index contributed by atoms with van der Waals surface area (Å²) in [5.74, 6) is 0.728. The fourth-order valence-electron chi connectivity index (χ4n) is 3.15. The number of rotatable bonds is 5. The van der Waals surface area contributed by atoms with Gasteiger partial charge in [0.2, 0.25) is 0 Å². The molecule has 0 saturated heterocycles. The number of likely N-dealkylation sites (N-methyl/N-ethyl adjacent to an activating group) is 1. The first-order chi connectivity index (χ1) is 9.78. The predicted molar refractivity (Wildman–Crippen MR) is 88.2 cm³/mol. The van der Waals surface area contributed by atoms with Crippen LogP contribution in [0, 0.1) is 0 Å². The monoisotopic (exact) mass is 329 g/mol. The Labute approximate surface area is 129 Å². The van der Waals surface area contributed by atoms with E-state index in [1.54, 1.807) is 5.56 Å². The highest BCUT2D eigenvalue weighted by molar-refractivity contribution is 9.10. The molecular formula is C18H20BrN. The van der Waals surface area contributed by atoms with Crippen molar-refractivity contribution >= 4 is 15.9 Å². The van der Waals surface area contributed by atoms with E-state index in [-0.39, 0.29) is 0 Å². The third-order valence-electron chi connectivity index (χ3n) is 4.36. The van der Waals surface area contributed by atoms with E-state index in [0.717, 1.165) is 12.3 Å². The quantitative estimate of drug-likeness (QED) is 0.861. The molecule has 2 aromatic rings. The lowest BCUT2D eigenvalue weighted by atomic mass is 9.74. The minimum Gasteiger partial charge on any atom is -0.317 e. The van der Waals surface area contributed by atoms with Crippen molar-refractivity contribution in [3.8, 4) is 0 Å². The maximum absolute atomic E-state index is 3.65. The molecule has 2 unspecified atom stereocenters. The fourth-order valence-corrected chi connectivity index (χ4v) is 3.60. The van der Waals surface area contributed by atoms with Crippen LogP contribution in [0.3, 0.4) is 0 Å². The zero-order valence-electron chi connectivity index (χ0n) is 11.8. The minimum absolute atomic E-state index is 0.534. The second kappa shape index (κ2) is 6.11. The summed E-state index contributed by atoms with van der Waals surface area (Å²) in [6.45, 7) is 0. The second-order valence-corrected chi connectivity index (χ2v) is 6.47. The van der Waals surface area contributed by atoms with Crippen LogP contribution in [-0.4, -0.2) is 13.1 Å². The summed E-state index contributed by atoms with van der Waals surface area (Å²) in [6, 6.07) is 17.9. The van der Waals surface area contributed by atoms with Gasteiger partial charge in [-0.3, -0.25) is 0 Å². The first-order valence-electron chi connectivity index (χ1n) is 7.26. The van der Waals surface area contributed by atoms with Crippen LogP contribution in [0.25, 0.3) is 0 Å². The van der Waals surface area contributed by atoms with E-state index in [9.17, 15) is 0 Å². The summed E-state index contributed by atoms with van der Waals surface area (Å²) < 4.78 is 1.22. The van der Waals surface area contributed by atoms with E-state index in [1.165, 1.54) is 28.4 Å². The van der Waals surface area contributed by atoms with Gasteiger partial charge in [-0.15, -0.1) is 0 Å². The molecule has 2 heteroatoms. The molecule has 2 aromatic carbocycles. The van der Waals surface area contributed by atoms with Crippen LogP contribution in [0.2, 0.25) is 0 Å². The molecule has 0 heterocycles. The van der Waals surface area contributed by atoms with Crippen molar-refractivity contribution in [1.29, 1.82) is 0 Å². The molecular weight excluding hydrogens is 310 g/mol. The maximum Gasteiger partial charge on any atom is 0.0207 e. The van der Waals surface area contributed by atoms with Crippen molar-refractivity contribution in [2.75, 3.05) is 7.05 Å². The smallest absolute Gasteiger partial charge is 0.0207 e. The van der Waals surface area contributed by atoms with Crippen molar-refractivity contribution in [1.82, 2.24) is 5.32 Å². The Kier molecular flexibility index (Phi) is 4.23. The number of hydrogen-bond acceptors (Lipinski definition) is 1. The summed E-state index contributed by atoms with van der Waals surface area (Å²) in [6.07, 6.45) is 3.54. The lowest BCUT2D eigenvalue weighted by molar-refractivity contribution is 0.438. The summed E-state index contributed by atoms with van der Waals surface area (Å²) in [5.41, 5.74) is 4.48. The number of nitrogens with one attached hydrogen (secondary N) is 1. The largest absolute Gasteiger partial charge is 0.317 e. The van der Waals surface area contributed by atoms with Crippen molar-refractivity contribution in [2.24, 2.45) is 0 Å². The zero-order valence-corrected chi connectivity index (χ0v) is 13.4. The van der Waals surface area contributed by atoms with Gasteiger partial charge in [-0.2, -0.15) is 0 Å². The first kappa shape index (κ1) is 13.8. The van der Waals surface area contributed by atoms with E-state index >= 15 is 0 Å². The molecule has 2 atom stereocenters. The average Bonchev–Trinajstić information content (AvgIpc) is 2.45. The Balaban J connectivity index is 1.66. The highest BCUT2D eigenvalue weighted by Crippen LogP contribution is 2.38. The van der Waals surface area contributed by atoms with Crippen LogP contribution < -0.4 is 5.32 Å². The number of halogens is 1. The Hall–Kier alpha value is -1.12. The van der Waals surface area contributed by atoms with Gasteiger partial charge >= 0.3 is 0 Å². The molecule has 0 radical (unpaired) electrons. The van der Waals surface area contributed by atoms with Crippen molar-refractivity contribution in [3.05, 3.63) is 69.7 Å². The van der Waals surface area contributed by atoms with Crippen LogP contribution >= 0.6 is 15.9 Å². The zero-order chi connectivity index (χ0) is 13.9. The van der Waals surface area contributed by atoms with E-state index in [1.807, 2.05) is 0 Å². The lowest BCUT2D eigenvalue weighted by Gasteiger charge is -2.33. The summed E-state index contributed by atoms with van der Waals surface area (Å²) in [5, 5.41) is 3.49. The number of fused-ring (bicyclic) bond motifs is 1. The molecule has 0 aliphatic heterocycles. The molecule has 0 aromatic heterocycles. The van der Waals surface area contributed by atoms with Crippen molar-refractivity contribution in [2.45, 2.75) is 31.2 Å². The van der Waals surface area contributed by atoms with Gasteiger partial charge in [0.1, 0.15) is 0 Å². The standard InChI is InChI=1S/C18H20BrN/c1-20-16(11-14-7-3-5-9-18(14)19)12-15-10-13-6-2-4-8-17(13)15/h2-9,15-16,20H,10-12H2,1H3. The van der Waals surface area contributed by atoms with Crippen LogP contribution in [0.15, 0.2) is 53.0 Å². The molecule has 1 aliphatic carbocycles. The molecule has 0 spiro atoms. The van der Waals surface area contributed by atoms with Gasteiger partial charge in [0, 0.05) is 10.5 Å². The van der Waals surface area contributed by atoms with Gasteiger partial charge in [-0.1, -0.05) is 58.4 Å². The third-order valence-corrected chi connectivity index (χ3v) is 5.14. The third kappa shape index (κ3) is 2.82. The average molecular weight is 330 g/mol. The van der Waals surface area contributed by atoms with Gasteiger partial charge < -0.3 is 5.32 Å². The summed E-state index contributed by atoms with van der Waals surface area (Å²) in [4.78, 5) is 0. The Bertz CT molecular complexity index is 593. The highest BCUT2D eigenvalue weighted by Gasteiger charge is 2.27. The molecule has 0 bridgehead atoms. The first-order valence-corrected chi connectivity index (χ1v) is 8.05. The molecule has 1 N–H and O–H groups in total. The van der Waals surface area contributed by atoms with Crippen molar-refractivity contribution < 1.29 is 0 Å². The molecule has 104 valence electrons. The number of benzene rings is 2. The Morgan fingerprint density at radius 2 is 1.90 bits per heavy atom. The van der Waals surface area contributed by atoms with Gasteiger partial charge in [0.15, 0.2) is 0 Å². The van der Waals surface area contributed by atoms with Crippen LogP contribution in [0.1, 0.15) is 29.0 Å². The minimum atomic E-state index is 0.534. The van der Waals surface area contributed by atoms with Crippen LogP contribution in [-0.2, 0) is 12.8 Å². The topological polar surface area (TPSA) is 12.0 Å². The van der Waals surface area contributed by atoms with E-state index in [0.29, 0.717) is 6.04 Å². The maximum atomic E-state index is 3.65. The molecule has 3 rings (SSSR count). The molecule has 0 saturated carbocycles. The van der Waals surface area contributed by atoms with E-state index < -0.39 is 0 Å². The fraction of sp³-hybridized carbons (Fsp3) is 0.333. The van der Waals surface area contributed by atoms with Gasteiger partial charge in [-0.05, 0) is 55.0 Å². The van der Waals surface area contributed by atoms with E-state index in [2.05, 4.69) is 76.8 Å². The molecule has 1 aliphatic rings. The predicted octanol–water partition coefficient (Wildman–Crippen LogP) is 4.31.